The second-order valence-electron chi connectivity index (χ2n) is 4.19. The van der Waals surface area contributed by atoms with Gasteiger partial charge in [0.25, 0.3) is 0 Å². The number of hydrogen-bond acceptors (Lipinski definition) is 3. The maximum absolute atomic E-state index is 13.0. The van der Waals surface area contributed by atoms with E-state index in [4.69, 9.17) is 4.74 Å². The molecule has 0 spiro atoms. The summed E-state index contributed by atoms with van der Waals surface area (Å²) in [6.45, 7) is 0.712. The normalized spacial score (nSPS) is 18.2. The lowest BCUT2D eigenvalue weighted by atomic mass is 10.1. The van der Waals surface area contributed by atoms with Crippen LogP contribution in [0.15, 0.2) is 18.2 Å². The third-order valence-electron chi connectivity index (χ3n) is 2.68. The fourth-order valence-corrected chi connectivity index (χ4v) is 2.38. The van der Waals surface area contributed by atoms with Gasteiger partial charge in [-0.15, -0.1) is 0 Å². The summed E-state index contributed by atoms with van der Waals surface area (Å²) in [7, 11) is 0. The van der Waals surface area contributed by atoms with Gasteiger partial charge in [-0.25, -0.2) is 4.39 Å². The Morgan fingerprint density at radius 2 is 2.16 bits per heavy atom. The summed E-state index contributed by atoms with van der Waals surface area (Å²) in [6, 6.07) is 4.33. The molecule has 19 heavy (non-hydrogen) atoms. The van der Waals surface area contributed by atoms with E-state index in [0.29, 0.717) is 18.7 Å². The molecule has 0 bridgehead atoms. The van der Waals surface area contributed by atoms with Crippen LogP contribution in [0.5, 0.6) is 5.75 Å². The molecule has 0 saturated heterocycles. The smallest absolute Gasteiger partial charge is 0.441 e. The van der Waals surface area contributed by atoms with Crippen molar-refractivity contribution < 1.29 is 22.3 Å². The largest absolute Gasteiger partial charge is 0.488 e. The molecule has 0 fully saturated rings. The van der Waals surface area contributed by atoms with E-state index in [1.165, 1.54) is 12.1 Å². The fourth-order valence-electron chi connectivity index (χ4n) is 1.90. The average molecular weight is 295 g/mol. The topological polar surface area (TPSA) is 21.3 Å². The van der Waals surface area contributed by atoms with Crippen LogP contribution in [0.3, 0.4) is 0 Å². The first kappa shape index (κ1) is 14.5. The summed E-state index contributed by atoms with van der Waals surface area (Å²) >= 11 is -0.0475. The number of ether oxygens (including phenoxy) is 1. The molecule has 2 rings (SSSR count). The van der Waals surface area contributed by atoms with Crippen molar-refractivity contribution >= 4 is 11.8 Å². The van der Waals surface area contributed by atoms with Crippen molar-refractivity contribution in [2.24, 2.45) is 0 Å². The summed E-state index contributed by atoms with van der Waals surface area (Å²) in [5.74, 6) is 0.313. The molecule has 1 atom stereocenters. The van der Waals surface area contributed by atoms with Gasteiger partial charge in [0.05, 0.1) is 0 Å². The number of hydrogen-bond donors (Lipinski definition) is 1. The minimum Gasteiger partial charge on any atom is -0.488 e. The first-order valence-electron chi connectivity index (χ1n) is 5.80. The van der Waals surface area contributed by atoms with E-state index in [1.54, 1.807) is 6.07 Å². The summed E-state index contributed by atoms with van der Waals surface area (Å²) < 4.78 is 54.2. The maximum atomic E-state index is 13.0. The van der Waals surface area contributed by atoms with Crippen LogP contribution in [0.2, 0.25) is 0 Å². The van der Waals surface area contributed by atoms with Crippen molar-refractivity contribution in [2.45, 2.75) is 18.0 Å². The van der Waals surface area contributed by atoms with Crippen LogP contribution < -0.4 is 10.1 Å². The highest BCUT2D eigenvalue weighted by molar-refractivity contribution is 8.00. The molecule has 2 nitrogen and oxygen atoms in total. The summed E-state index contributed by atoms with van der Waals surface area (Å²) in [5, 5.41) is 2.91. The molecular formula is C12H13F4NOS. The first-order chi connectivity index (χ1) is 8.94. The predicted octanol–water partition coefficient (Wildman–Crippen LogP) is 2.97. The summed E-state index contributed by atoms with van der Waals surface area (Å²) in [5.41, 5.74) is -3.38. The first-order valence-corrected chi connectivity index (χ1v) is 6.79. The Hall–Kier alpha value is -0.950. The SMILES string of the molecule is Fc1ccc2c(c1)CC(CNCCSC(F)(F)F)O2. The zero-order valence-corrected chi connectivity index (χ0v) is 10.8. The lowest BCUT2D eigenvalue weighted by molar-refractivity contribution is -0.0327. The lowest BCUT2D eigenvalue weighted by Crippen LogP contribution is -2.31. The van der Waals surface area contributed by atoms with Gasteiger partial charge in [0, 0.05) is 30.8 Å². The van der Waals surface area contributed by atoms with E-state index in [9.17, 15) is 17.6 Å². The Morgan fingerprint density at radius 1 is 1.37 bits per heavy atom. The summed E-state index contributed by atoms with van der Waals surface area (Å²) in [4.78, 5) is 0. The van der Waals surface area contributed by atoms with E-state index in [0.717, 1.165) is 5.56 Å². The Balaban J connectivity index is 1.67. The minimum absolute atomic E-state index is 0.0300. The van der Waals surface area contributed by atoms with Crippen LogP contribution in [0.1, 0.15) is 5.56 Å². The molecule has 1 aromatic carbocycles. The highest BCUT2D eigenvalue weighted by atomic mass is 32.2. The fraction of sp³-hybridized carbons (Fsp3) is 0.500. The zero-order chi connectivity index (χ0) is 13.9. The third-order valence-corrected chi connectivity index (χ3v) is 3.42. The van der Waals surface area contributed by atoms with Crippen molar-refractivity contribution in [3.63, 3.8) is 0 Å². The van der Waals surface area contributed by atoms with Gasteiger partial charge in [-0.2, -0.15) is 13.2 Å². The molecule has 1 N–H and O–H groups in total. The molecule has 1 unspecified atom stereocenters. The highest BCUT2D eigenvalue weighted by Gasteiger charge is 2.27. The minimum atomic E-state index is -4.18. The van der Waals surface area contributed by atoms with Gasteiger partial charge in [-0.3, -0.25) is 0 Å². The standard InChI is InChI=1S/C12H13F4NOS/c13-9-1-2-11-8(5-9)6-10(18-11)7-17-3-4-19-12(14,15)16/h1-2,5,10,17H,3-4,6-7H2. The maximum Gasteiger partial charge on any atom is 0.441 e. The Labute approximate surface area is 112 Å². The molecule has 1 aliphatic rings. The highest BCUT2D eigenvalue weighted by Crippen LogP contribution is 2.30. The molecule has 1 heterocycles. The molecule has 106 valence electrons. The quantitative estimate of drug-likeness (QED) is 0.666. The van der Waals surface area contributed by atoms with Crippen LogP contribution in [-0.4, -0.2) is 30.5 Å². The number of halogens is 4. The summed E-state index contributed by atoms with van der Waals surface area (Å²) in [6.07, 6.45) is 0.430. The molecule has 0 saturated carbocycles. The second-order valence-corrected chi connectivity index (χ2v) is 5.35. The van der Waals surface area contributed by atoms with Gasteiger partial charge in [-0.05, 0) is 30.0 Å². The van der Waals surface area contributed by atoms with Crippen molar-refractivity contribution in [1.82, 2.24) is 5.32 Å². The average Bonchev–Trinajstić information content (AvgIpc) is 2.68. The molecule has 0 radical (unpaired) electrons. The number of alkyl halides is 3. The van der Waals surface area contributed by atoms with E-state index in [-0.39, 0.29) is 36.0 Å². The van der Waals surface area contributed by atoms with Crippen molar-refractivity contribution in [2.75, 3.05) is 18.8 Å². The van der Waals surface area contributed by atoms with Crippen molar-refractivity contribution in [3.05, 3.63) is 29.6 Å². The monoisotopic (exact) mass is 295 g/mol. The Bertz CT molecular complexity index is 438. The van der Waals surface area contributed by atoms with E-state index in [1.807, 2.05) is 0 Å². The lowest BCUT2D eigenvalue weighted by Gasteiger charge is -2.12. The molecule has 0 aliphatic carbocycles. The van der Waals surface area contributed by atoms with Crippen LogP contribution in [0.25, 0.3) is 0 Å². The van der Waals surface area contributed by atoms with Crippen LogP contribution >= 0.6 is 11.8 Å². The molecule has 0 aromatic heterocycles. The van der Waals surface area contributed by atoms with Gasteiger partial charge in [0.15, 0.2) is 0 Å². The van der Waals surface area contributed by atoms with Gasteiger partial charge < -0.3 is 10.1 Å². The van der Waals surface area contributed by atoms with Crippen molar-refractivity contribution in [1.29, 1.82) is 0 Å². The van der Waals surface area contributed by atoms with E-state index in [2.05, 4.69) is 5.32 Å². The van der Waals surface area contributed by atoms with Gasteiger partial charge in [0.2, 0.25) is 0 Å². The molecule has 1 aromatic rings. The van der Waals surface area contributed by atoms with E-state index >= 15 is 0 Å². The van der Waals surface area contributed by atoms with E-state index < -0.39 is 5.51 Å². The third kappa shape index (κ3) is 4.58. The van der Waals surface area contributed by atoms with Crippen LogP contribution in [0.4, 0.5) is 17.6 Å². The van der Waals surface area contributed by atoms with Gasteiger partial charge >= 0.3 is 5.51 Å². The van der Waals surface area contributed by atoms with Crippen molar-refractivity contribution in [3.8, 4) is 5.75 Å². The number of benzene rings is 1. The molecule has 7 heteroatoms. The van der Waals surface area contributed by atoms with Crippen LogP contribution in [0, 0.1) is 5.82 Å². The predicted molar refractivity (Wildman–Crippen MR) is 65.9 cm³/mol. The Kier molecular flexibility index (Phi) is 4.57. The molecule has 1 aliphatic heterocycles. The number of rotatable bonds is 5. The van der Waals surface area contributed by atoms with Gasteiger partial charge in [0.1, 0.15) is 17.7 Å². The Morgan fingerprint density at radius 3 is 2.89 bits per heavy atom. The zero-order valence-electron chi connectivity index (χ0n) is 9.97. The number of thioether (sulfide) groups is 1. The molecule has 0 amide bonds. The van der Waals surface area contributed by atoms with Crippen LogP contribution in [-0.2, 0) is 6.42 Å². The second kappa shape index (κ2) is 6.00. The van der Waals surface area contributed by atoms with Gasteiger partial charge in [-0.1, -0.05) is 0 Å². The molecular weight excluding hydrogens is 282 g/mol. The number of nitrogens with one attached hydrogen (secondary N) is 1. The number of fused-ring (bicyclic) bond motifs is 1.